The number of oxime groups is 1. The zero-order valence-corrected chi connectivity index (χ0v) is 46.1. The molecule has 1 saturated heterocycles. The van der Waals surface area contributed by atoms with Gasteiger partial charge in [0.1, 0.15) is 28.3 Å². The van der Waals surface area contributed by atoms with Gasteiger partial charge in [-0.05, 0) is 44.5 Å². The minimum absolute atomic E-state index is 0.0607. The Balaban J connectivity index is 0.980. The standard InChI is InChI=1S/C62H52IN5O8S2/c1-61(73-2,59(72)75-54(43-28-14-5-15-29-43)44-30-16-6-17-31-44)76-67-50(49-40-78-60(64-49)66-62(46-32-18-7-19-33-46,47-34-20-8-21-35-47)48-36-22-9-23-37-48)55(69)65-51-56(70)68-52(45(38-63)39-77-57(51)68)58(71)74-53(41-24-10-3-11-25-41)42-26-12-4-13-27-42/h3-37,40,51,53-54,57H,38-39H2,1-2H3,(H,64,66)(H,65,69)/t51-,57-,61?/m1/s1. The van der Waals surface area contributed by atoms with Crippen molar-refractivity contribution in [3.63, 3.8) is 0 Å². The second-order valence-electron chi connectivity index (χ2n) is 18.4. The number of methoxy groups -OCH3 is 1. The molecule has 13 nitrogen and oxygen atoms in total. The number of benzene rings is 7. The summed E-state index contributed by atoms with van der Waals surface area (Å²) in [6, 6.07) is 66.1. The Morgan fingerprint density at radius 2 is 1.12 bits per heavy atom. The number of nitrogens with one attached hydrogen (secondary N) is 2. The number of aromatic nitrogens is 1. The summed E-state index contributed by atoms with van der Waals surface area (Å²) in [6.07, 6.45) is -1.61. The fraction of sp³-hybridized carbons (Fsp3) is 0.161. The molecule has 0 aliphatic carbocycles. The maximum absolute atomic E-state index is 15.0. The minimum atomic E-state index is -2.21. The molecule has 1 unspecified atom stereocenters. The van der Waals surface area contributed by atoms with E-state index in [-0.39, 0.29) is 17.1 Å². The van der Waals surface area contributed by atoms with Crippen molar-refractivity contribution in [3.8, 4) is 0 Å². The van der Waals surface area contributed by atoms with Gasteiger partial charge in [-0.25, -0.2) is 14.6 Å². The molecule has 7 aromatic carbocycles. The van der Waals surface area contributed by atoms with E-state index >= 15 is 4.79 Å². The lowest BCUT2D eigenvalue weighted by Gasteiger charge is -2.49. The summed E-state index contributed by atoms with van der Waals surface area (Å²) in [4.78, 5) is 70.8. The Hall–Kier alpha value is -7.90. The van der Waals surface area contributed by atoms with Crippen molar-refractivity contribution in [2.45, 2.75) is 41.9 Å². The summed E-state index contributed by atoms with van der Waals surface area (Å²) in [5.74, 6) is -4.77. The number of nitrogens with zero attached hydrogens (tertiary/aromatic N) is 3. The van der Waals surface area contributed by atoms with Crippen molar-refractivity contribution in [2.24, 2.45) is 5.16 Å². The number of esters is 2. The van der Waals surface area contributed by atoms with Gasteiger partial charge in [-0.1, -0.05) is 240 Å². The van der Waals surface area contributed by atoms with Crippen LogP contribution >= 0.6 is 45.7 Å². The molecule has 2 aliphatic heterocycles. The molecule has 0 spiro atoms. The van der Waals surface area contributed by atoms with Gasteiger partial charge in [-0.15, -0.1) is 23.1 Å². The first kappa shape index (κ1) is 53.5. The fourth-order valence-corrected chi connectivity index (χ4v) is 12.5. The highest BCUT2D eigenvalue weighted by molar-refractivity contribution is 14.1. The Bertz CT molecular complexity index is 3260. The zero-order chi connectivity index (χ0) is 54.1. The van der Waals surface area contributed by atoms with Crippen LogP contribution in [0.5, 0.6) is 0 Å². The maximum Gasteiger partial charge on any atom is 0.382 e. The van der Waals surface area contributed by atoms with Gasteiger partial charge < -0.3 is 29.7 Å². The molecule has 10 rings (SSSR count). The van der Waals surface area contributed by atoms with E-state index in [0.29, 0.717) is 26.4 Å². The molecule has 3 heterocycles. The monoisotopic (exact) mass is 1190 g/mol. The first-order chi connectivity index (χ1) is 38.1. The summed E-state index contributed by atoms with van der Waals surface area (Å²) in [6.45, 7) is 1.34. The molecule has 8 aromatic rings. The first-order valence-corrected chi connectivity index (χ1v) is 28.4. The van der Waals surface area contributed by atoms with Gasteiger partial charge >= 0.3 is 17.7 Å². The van der Waals surface area contributed by atoms with E-state index in [9.17, 15) is 14.4 Å². The van der Waals surface area contributed by atoms with Crippen LogP contribution in [0.15, 0.2) is 234 Å². The third-order valence-corrected chi connectivity index (χ3v) is 16.5. The number of ether oxygens (including phenoxy) is 3. The van der Waals surface area contributed by atoms with E-state index in [4.69, 9.17) is 24.0 Å². The number of thioether (sulfide) groups is 1. The van der Waals surface area contributed by atoms with Crippen molar-refractivity contribution < 1.29 is 38.2 Å². The minimum Gasteiger partial charge on any atom is -0.448 e. The summed E-state index contributed by atoms with van der Waals surface area (Å²) in [5.41, 5.74) is 5.27. The quantitative estimate of drug-likeness (QED) is 0.0109. The Labute approximate surface area is 473 Å². The van der Waals surface area contributed by atoms with Gasteiger partial charge in [0.25, 0.3) is 11.8 Å². The number of hydrogen-bond donors (Lipinski definition) is 2. The molecule has 0 saturated carbocycles. The lowest BCUT2D eigenvalue weighted by molar-refractivity contribution is -0.234. The molecule has 2 aliphatic rings. The van der Waals surface area contributed by atoms with E-state index in [1.807, 2.05) is 212 Å². The predicted octanol–water partition coefficient (Wildman–Crippen LogP) is 11.4. The summed E-state index contributed by atoms with van der Waals surface area (Å²) in [7, 11) is 1.27. The molecule has 78 heavy (non-hydrogen) atoms. The SMILES string of the molecule is COC(C)(ON=C(C(=O)N[C@@H]1C(=O)N2C(C(=O)OC(c3ccccc3)c3ccccc3)=C(CI)CS[C@H]12)c1csc(NC(c2ccccc2)(c2ccccc2)c2ccccc2)n1)C(=O)OC(c1ccccc1)c1ccccc1. The molecule has 16 heteroatoms. The fourth-order valence-electron chi connectivity index (χ4n) is 9.41. The van der Waals surface area contributed by atoms with E-state index in [0.717, 1.165) is 33.4 Å². The highest BCUT2D eigenvalue weighted by Gasteiger charge is 2.55. The third kappa shape index (κ3) is 11.1. The lowest BCUT2D eigenvalue weighted by Crippen LogP contribution is -2.71. The van der Waals surface area contributed by atoms with Crippen LogP contribution in [0, 0.1) is 0 Å². The summed E-state index contributed by atoms with van der Waals surface area (Å²) < 4.78 is 18.6. The van der Waals surface area contributed by atoms with Crippen molar-refractivity contribution in [2.75, 3.05) is 22.6 Å². The van der Waals surface area contributed by atoms with Crippen molar-refractivity contribution >= 4 is 80.3 Å². The number of β-lactam (4-membered cyclic amide) rings is 1. The number of alkyl halides is 1. The Morgan fingerprint density at radius 3 is 1.55 bits per heavy atom. The van der Waals surface area contributed by atoms with Crippen LogP contribution in [0.2, 0.25) is 0 Å². The Kier molecular flexibility index (Phi) is 16.6. The van der Waals surface area contributed by atoms with E-state index in [2.05, 4.69) is 38.4 Å². The number of fused-ring (bicyclic) bond motifs is 1. The summed E-state index contributed by atoms with van der Waals surface area (Å²) >= 11 is 4.82. The average Bonchev–Trinajstić information content (AvgIpc) is 4.06. The van der Waals surface area contributed by atoms with Gasteiger partial charge in [0.15, 0.2) is 23.1 Å². The molecule has 2 N–H and O–H groups in total. The van der Waals surface area contributed by atoms with Gasteiger partial charge in [-0.2, -0.15) is 0 Å². The smallest absolute Gasteiger partial charge is 0.382 e. The first-order valence-electron chi connectivity index (χ1n) is 25.0. The van der Waals surface area contributed by atoms with Gasteiger partial charge in [-0.3, -0.25) is 14.5 Å². The van der Waals surface area contributed by atoms with Crippen molar-refractivity contribution in [1.82, 2.24) is 15.2 Å². The van der Waals surface area contributed by atoms with Crippen molar-refractivity contribution in [3.05, 3.63) is 274 Å². The number of hydrogen-bond acceptors (Lipinski definition) is 13. The largest absolute Gasteiger partial charge is 0.448 e. The van der Waals surface area contributed by atoms with Crippen LogP contribution in [0.1, 0.15) is 63.8 Å². The van der Waals surface area contributed by atoms with Gasteiger partial charge in [0.05, 0.1) is 0 Å². The molecule has 2 amide bonds. The van der Waals surface area contributed by atoms with Crippen LogP contribution in [0.25, 0.3) is 0 Å². The molecule has 0 bridgehead atoms. The normalized spacial score (nSPS) is 16.1. The van der Waals surface area contributed by atoms with E-state index < -0.39 is 58.7 Å². The average molecular weight is 1190 g/mol. The van der Waals surface area contributed by atoms with Gasteiger partial charge in [0, 0.05) is 29.6 Å². The number of anilines is 1. The third-order valence-electron chi connectivity index (χ3n) is 13.5. The van der Waals surface area contributed by atoms with Crippen LogP contribution < -0.4 is 10.6 Å². The number of rotatable bonds is 20. The maximum atomic E-state index is 15.0. The van der Waals surface area contributed by atoms with Crippen LogP contribution in [-0.4, -0.2) is 73.8 Å². The van der Waals surface area contributed by atoms with Crippen LogP contribution in [-0.2, 0) is 43.8 Å². The second-order valence-corrected chi connectivity index (χ2v) is 21.1. The molecule has 3 atom stereocenters. The van der Waals surface area contributed by atoms with Crippen LogP contribution in [0.3, 0.4) is 0 Å². The van der Waals surface area contributed by atoms with Crippen LogP contribution in [0.4, 0.5) is 5.13 Å². The molecule has 0 radical (unpaired) electrons. The Morgan fingerprint density at radius 1 is 0.679 bits per heavy atom. The molecule has 1 aromatic heterocycles. The highest BCUT2D eigenvalue weighted by Crippen LogP contribution is 2.44. The number of thiazole rings is 1. The lowest BCUT2D eigenvalue weighted by atomic mass is 9.77. The molecule has 392 valence electrons. The van der Waals surface area contributed by atoms with E-state index in [1.165, 1.54) is 42.0 Å². The molecule has 1 fully saturated rings. The second kappa shape index (κ2) is 24.2. The number of amides is 2. The molecular weight excluding hydrogens is 1130 g/mol. The number of halogens is 1. The predicted molar refractivity (Wildman–Crippen MR) is 311 cm³/mol. The van der Waals surface area contributed by atoms with Gasteiger partial charge in [0.2, 0.25) is 0 Å². The topological polar surface area (TPSA) is 158 Å². The zero-order valence-electron chi connectivity index (χ0n) is 42.3. The number of carbonyl (C=O) groups is 4. The summed E-state index contributed by atoms with van der Waals surface area (Å²) in [5, 5.41) is 12.4. The molecular formula is C62H52IN5O8S2. The van der Waals surface area contributed by atoms with E-state index in [1.54, 1.807) is 5.38 Å². The highest BCUT2D eigenvalue weighted by atomic mass is 127. The van der Waals surface area contributed by atoms with Crippen molar-refractivity contribution in [1.29, 1.82) is 0 Å². The number of carbonyl (C=O) groups excluding carboxylic acids is 4.